The molecule has 150 valence electrons. The average molecular weight is 619 g/mol. The summed E-state index contributed by atoms with van der Waals surface area (Å²) < 4.78 is 6.03. The number of rotatable bonds is 4. The number of aromatic hydroxyl groups is 1. The van der Waals surface area contributed by atoms with Gasteiger partial charge >= 0.3 is 0 Å². The molecule has 1 saturated heterocycles. The van der Waals surface area contributed by atoms with Crippen LogP contribution < -0.4 is 4.74 Å². The summed E-state index contributed by atoms with van der Waals surface area (Å²) in [5.41, 5.74) is 1.14. The van der Waals surface area contributed by atoms with E-state index in [1.807, 2.05) is 0 Å². The predicted octanol–water partition coefficient (Wildman–Crippen LogP) is 5.20. The fourth-order valence-electron chi connectivity index (χ4n) is 3.70. The Bertz CT molecular complexity index is 938. The lowest BCUT2D eigenvalue weighted by atomic mass is 9.68. The molecular weight excluding hydrogens is 605 g/mol. The first-order valence-corrected chi connectivity index (χ1v) is 11.4. The lowest BCUT2D eigenvalue weighted by Gasteiger charge is -2.42. The molecule has 28 heavy (non-hydrogen) atoms. The van der Waals surface area contributed by atoms with Crippen LogP contribution >= 0.6 is 71.0 Å². The molecule has 0 bridgehead atoms. The Morgan fingerprint density at radius 3 is 2.54 bits per heavy atom. The smallest absolute Gasteiger partial charge is 0.254 e. The molecule has 1 aliphatic heterocycles. The second-order valence-corrected chi connectivity index (χ2v) is 9.69. The molecule has 2 amide bonds. The van der Waals surface area contributed by atoms with E-state index in [2.05, 4.69) is 54.4 Å². The van der Waals surface area contributed by atoms with Crippen molar-refractivity contribution in [1.82, 2.24) is 4.90 Å². The van der Waals surface area contributed by atoms with Crippen LogP contribution in [0.4, 0.5) is 0 Å². The minimum absolute atomic E-state index is 0.0203. The fourth-order valence-corrected chi connectivity index (χ4v) is 5.99. The van der Waals surface area contributed by atoms with Gasteiger partial charge in [-0.1, -0.05) is 34.7 Å². The number of amides is 2. The monoisotopic (exact) mass is 615 g/mol. The maximum absolute atomic E-state index is 13.3. The molecule has 0 aromatic heterocycles. The van der Waals surface area contributed by atoms with Crippen molar-refractivity contribution in [2.45, 2.75) is 22.1 Å². The lowest BCUT2D eigenvalue weighted by Crippen LogP contribution is -2.55. The first-order chi connectivity index (χ1) is 13.1. The molecule has 5 nitrogen and oxygen atoms in total. The van der Waals surface area contributed by atoms with Gasteiger partial charge in [-0.15, -0.1) is 23.2 Å². The van der Waals surface area contributed by atoms with Crippen molar-refractivity contribution in [3.05, 3.63) is 44.9 Å². The van der Waals surface area contributed by atoms with E-state index in [1.165, 1.54) is 7.11 Å². The summed E-state index contributed by atoms with van der Waals surface area (Å²) in [5.74, 6) is -1.92. The lowest BCUT2D eigenvalue weighted by molar-refractivity contribution is -0.138. The van der Waals surface area contributed by atoms with Gasteiger partial charge in [0, 0.05) is 10.4 Å². The van der Waals surface area contributed by atoms with E-state index in [0.29, 0.717) is 20.1 Å². The Morgan fingerprint density at radius 1 is 1.36 bits per heavy atom. The van der Waals surface area contributed by atoms with Crippen LogP contribution in [0, 0.1) is 0 Å². The van der Waals surface area contributed by atoms with E-state index < -0.39 is 27.5 Å². The van der Waals surface area contributed by atoms with Crippen molar-refractivity contribution < 1.29 is 19.4 Å². The molecule has 0 radical (unpaired) electrons. The van der Waals surface area contributed by atoms with Gasteiger partial charge in [-0.05, 0) is 55.5 Å². The first kappa shape index (κ1) is 22.2. The SMILES string of the molecule is C=CC1=CCC2(Cl)C(=O)N(CBr)C(=O)C2(Cl)C1c1cc(OC)c(O)c(Br)c1Br. The van der Waals surface area contributed by atoms with Gasteiger partial charge < -0.3 is 9.84 Å². The second kappa shape index (κ2) is 7.61. The van der Waals surface area contributed by atoms with E-state index in [1.54, 1.807) is 18.2 Å². The number of imide groups is 1. The maximum Gasteiger partial charge on any atom is 0.254 e. The summed E-state index contributed by atoms with van der Waals surface area (Å²) in [6.45, 7) is 3.83. The molecule has 1 N–H and O–H groups in total. The molecule has 1 aromatic rings. The number of fused-ring (bicyclic) bond motifs is 1. The Kier molecular flexibility index (Phi) is 6.02. The van der Waals surface area contributed by atoms with Gasteiger partial charge in [0.15, 0.2) is 21.2 Å². The quantitative estimate of drug-likeness (QED) is 0.286. The molecule has 0 spiro atoms. The van der Waals surface area contributed by atoms with Crippen LogP contribution in [0.1, 0.15) is 17.9 Å². The molecule has 0 saturated carbocycles. The van der Waals surface area contributed by atoms with Crippen LogP contribution in [-0.4, -0.2) is 44.1 Å². The number of phenolic OH excluding ortho intramolecular Hbond substituents is 1. The minimum atomic E-state index is -1.79. The standard InChI is InChI=1S/C18H14Br3Cl2NO4/c1-3-8-4-5-17(22)15(26)24(7-19)16(27)18(17,23)11(8)9-6-10(28-2)14(25)13(21)12(9)20/h3-4,6,11,25H,1,5,7H2,2H3. The molecule has 2 aliphatic rings. The number of hydrogen-bond donors (Lipinski definition) is 1. The number of halogens is 5. The number of benzene rings is 1. The highest BCUT2D eigenvalue weighted by Gasteiger charge is 2.72. The highest BCUT2D eigenvalue weighted by molar-refractivity contribution is 9.13. The normalized spacial score (nSPS) is 29.6. The average Bonchev–Trinajstić information content (AvgIpc) is 2.83. The van der Waals surface area contributed by atoms with Crippen molar-refractivity contribution in [1.29, 1.82) is 0 Å². The van der Waals surface area contributed by atoms with Gasteiger partial charge in [-0.25, -0.2) is 0 Å². The molecule has 1 fully saturated rings. The molecule has 3 unspecified atom stereocenters. The topological polar surface area (TPSA) is 66.8 Å². The largest absolute Gasteiger partial charge is 0.503 e. The zero-order chi connectivity index (χ0) is 21.0. The molecule has 1 aliphatic carbocycles. The van der Waals surface area contributed by atoms with E-state index >= 15 is 0 Å². The number of phenols is 1. The van der Waals surface area contributed by atoms with Crippen molar-refractivity contribution >= 4 is 82.8 Å². The van der Waals surface area contributed by atoms with E-state index in [-0.39, 0.29) is 23.4 Å². The number of hydrogen-bond acceptors (Lipinski definition) is 4. The molecule has 10 heteroatoms. The van der Waals surface area contributed by atoms with Gasteiger partial charge in [-0.2, -0.15) is 0 Å². The van der Waals surface area contributed by atoms with Crippen LogP contribution in [0.2, 0.25) is 0 Å². The molecule has 1 heterocycles. The van der Waals surface area contributed by atoms with Crippen LogP contribution in [-0.2, 0) is 9.59 Å². The summed E-state index contributed by atoms with van der Waals surface area (Å²) >= 11 is 23.7. The summed E-state index contributed by atoms with van der Waals surface area (Å²) in [7, 11) is 1.41. The van der Waals surface area contributed by atoms with Crippen LogP contribution in [0.3, 0.4) is 0 Å². The number of allylic oxidation sites excluding steroid dienone is 3. The molecule has 3 atom stereocenters. The van der Waals surface area contributed by atoms with Gasteiger partial charge in [0.25, 0.3) is 11.8 Å². The highest BCUT2D eigenvalue weighted by Crippen LogP contribution is 2.61. The van der Waals surface area contributed by atoms with Gasteiger partial charge in [0.05, 0.1) is 17.0 Å². The van der Waals surface area contributed by atoms with E-state index in [9.17, 15) is 14.7 Å². The van der Waals surface area contributed by atoms with Crippen LogP contribution in [0.15, 0.2) is 39.3 Å². The fraction of sp³-hybridized carbons (Fsp3) is 0.333. The van der Waals surface area contributed by atoms with Crippen molar-refractivity contribution in [2.24, 2.45) is 0 Å². The summed E-state index contributed by atoms with van der Waals surface area (Å²) in [4.78, 5) is 23.7. The highest BCUT2D eigenvalue weighted by atomic mass is 79.9. The number of methoxy groups -OCH3 is 1. The third kappa shape index (κ3) is 2.75. The Hall–Kier alpha value is -0.540. The Morgan fingerprint density at radius 2 is 2.00 bits per heavy atom. The summed E-state index contributed by atoms with van der Waals surface area (Å²) in [5, 5.41) is 10.3. The zero-order valence-electron chi connectivity index (χ0n) is 14.4. The number of ether oxygens (including phenoxy) is 1. The number of alkyl halides is 3. The Labute approximate surface area is 197 Å². The minimum Gasteiger partial charge on any atom is -0.503 e. The van der Waals surface area contributed by atoms with Crippen molar-refractivity contribution in [2.75, 3.05) is 12.6 Å². The predicted molar refractivity (Wildman–Crippen MR) is 119 cm³/mol. The summed E-state index contributed by atoms with van der Waals surface area (Å²) in [6.07, 6.45) is 3.42. The van der Waals surface area contributed by atoms with Gasteiger partial charge in [0.2, 0.25) is 0 Å². The zero-order valence-corrected chi connectivity index (χ0v) is 20.7. The van der Waals surface area contributed by atoms with Crippen molar-refractivity contribution in [3.8, 4) is 11.5 Å². The molecule has 1 aromatic carbocycles. The second-order valence-electron chi connectivity index (χ2n) is 6.36. The number of carbonyl (C=O) groups excluding carboxylic acids is 2. The van der Waals surface area contributed by atoms with Gasteiger partial charge in [-0.3, -0.25) is 14.5 Å². The van der Waals surface area contributed by atoms with Crippen molar-refractivity contribution in [3.63, 3.8) is 0 Å². The van der Waals surface area contributed by atoms with E-state index in [4.69, 9.17) is 27.9 Å². The maximum atomic E-state index is 13.3. The van der Waals surface area contributed by atoms with E-state index in [0.717, 1.165) is 4.90 Å². The third-order valence-electron chi connectivity index (χ3n) is 5.13. The Balaban J connectivity index is 2.36. The van der Waals surface area contributed by atoms with Crippen LogP contribution in [0.25, 0.3) is 0 Å². The number of carbonyl (C=O) groups is 2. The molecule has 3 rings (SSSR count). The third-order valence-corrected chi connectivity index (χ3v) is 9.20. The van der Waals surface area contributed by atoms with Gasteiger partial charge in [0.1, 0.15) is 0 Å². The molecular formula is C18H14Br3Cl2NO4. The first-order valence-electron chi connectivity index (χ1n) is 7.97. The van der Waals surface area contributed by atoms with Crippen LogP contribution in [0.5, 0.6) is 11.5 Å². The number of nitrogens with zero attached hydrogens (tertiary/aromatic N) is 1. The summed E-state index contributed by atoms with van der Waals surface area (Å²) in [6, 6.07) is 1.56. The number of likely N-dealkylation sites (tertiary alicyclic amines) is 1.